The van der Waals surface area contributed by atoms with Crippen LogP contribution in [0.1, 0.15) is 10.6 Å². The van der Waals surface area contributed by atoms with Gasteiger partial charge in [0, 0.05) is 0 Å². The van der Waals surface area contributed by atoms with Gasteiger partial charge in [0.05, 0.1) is 24.4 Å². The van der Waals surface area contributed by atoms with Gasteiger partial charge in [0.2, 0.25) is 0 Å². The minimum Gasteiger partial charge on any atom is -0.497 e. The Morgan fingerprint density at radius 1 is 1.05 bits per heavy atom. The zero-order chi connectivity index (χ0) is 15.5. The van der Waals surface area contributed by atoms with Crippen molar-refractivity contribution in [3.63, 3.8) is 0 Å². The van der Waals surface area contributed by atoms with Crippen LogP contribution in [0.4, 0.5) is 4.39 Å². The van der Waals surface area contributed by atoms with Crippen LogP contribution in [0.2, 0.25) is 0 Å². The summed E-state index contributed by atoms with van der Waals surface area (Å²) in [5, 5.41) is 0.861. The number of rotatable bonds is 4. The number of thiazole rings is 1. The topological polar surface area (TPSA) is 31.4 Å². The van der Waals surface area contributed by atoms with E-state index in [1.54, 1.807) is 30.6 Å². The molecule has 0 bridgehead atoms. The van der Waals surface area contributed by atoms with Crippen molar-refractivity contribution < 1.29 is 13.9 Å². The van der Waals surface area contributed by atoms with Crippen molar-refractivity contribution >= 4 is 33.7 Å². The van der Waals surface area contributed by atoms with Crippen molar-refractivity contribution in [3.8, 4) is 11.5 Å². The molecule has 0 aliphatic rings. The summed E-state index contributed by atoms with van der Waals surface area (Å²) in [6, 6.07) is 10.6. The second kappa shape index (κ2) is 6.15. The molecule has 0 unspecified atom stereocenters. The van der Waals surface area contributed by atoms with Crippen LogP contribution in [-0.4, -0.2) is 19.2 Å². The Balaban J connectivity index is 1.87. The summed E-state index contributed by atoms with van der Waals surface area (Å²) in [6.07, 6.45) is 3.70. The predicted octanol–water partition coefficient (Wildman–Crippen LogP) is 4.62. The van der Waals surface area contributed by atoms with Gasteiger partial charge in [-0.25, -0.2) is 9.37 Å². The summed E-state index contributed by atoms with van der Waals surface area (Å²) in [5.74, 6) is 0.673. The lowest BCUT2D eigenvalue weighted by Gasteiger charge is -2.01. The molecule has 0 saturated heterocycles. The Morgan fingerprint density at radius 2 is 1.91 bits per heavy atom. The molecule has 3 rings (SSSR count). The molecule has 0 amide bonds. The van der Waals surface area contributed by atoms with E-state index in [9.17, 15) is 4.39 Å². The lowest BCUT2D eigenvalue weighted by Crippen LogP contribution is -1.87. The molecule has 0 N–H and O–H groups in total. The predicted molar refractivity (Wildman–Crippen MR) is 88.1 cm³/mol. The van der Waals surface area contributed by atoms with Crippen LogP contribution < -0.4 is 9.47 Å². The Labute approximate surface area is 131 Å². The van der Waals surface area contributed by atoms with E-state index in [4.69, 9.17) is 9.47 Å². The number of halogens is 1. The maximum atomic E-state index is 13.6. The van der Waals surface area contributed by atoms with Crippen molar-refractivity contribution in [1.82, 2.24) is 4.98 Å². The Bertz CT molecular complexity index is 842. The van der Waals surface area contributed by atoms with E-state index in [1.807, 2.05) is 30.4 Å². The first kappa shape index (κ1) is 14.5. The van der Waals surface area contributed by atoms with Crippen LogP contribution >= 0.6 is 11.3 Å². The van der Waals surface area contributed by atoms with Gasteiger partial charge in [0.25, 0.3) is 0 Å². The molecule has 0 fully saturated rings. The largest absolute Gasteiger partial charge is 0.497 e. The van der Waals surface area contributed by atoms with E-state index in [0.29, 0.717) is 0 Å². The van der Waals surface area contributed by atoms with Gasteiger partial charge < -0.3 is 9.47 Å². The van der Waals surface area contributed by atoms with E-state index in [1.165, 1.54) is 13.2 Å². The molecule has 1 heterocycles. The van der Waals surface area contributed by atoms with Crippen molar-refractivity contribution in [2.45, 2.75) is 0 Å². The highest BCUT2D eigenvalue weighted by Gasteiger charge is 2.04. The number of nitrogens with zero attached hydrogens (tertiary/aromatic N) is 1. The van der Waals surface area contributed by atoms with Crippen LogP contribution in [0.25, 0.3) is 22.4 Å². The van der Waals surface area contributed by atoms with Crippen LogP contribution in [0.5, 0.6) is 11.5 Å². The minimum absolute atomic E-state index is 0.240. The number of hydrogen-bond donors (Lipinski definition) is 0. The van der Waals surface area contributed by atoms with Gasteiger partial charge in [-0.3, -0.25) is 0 Å². The SMILES string of the molecule is COc1ccc2nc(/C=C/c3ccc(OC)c(F)c3)sc2c1. The van der Waals surface area contributed by atoms with Crippen LogP contribution in [-0.2, 0) is 0 Å². The minimum atomic E-state index is -0.376. The Morgan fingerprint density at radius 3 is 2.64 bits per heavy atom. The molecule has 0 aliphatic heterocycles. The second-order valence-corrected chi connectivity index (χ2v) is 5.68. The number of hydrogen-bond acceptors (Lipinski definition) is 4. The van der Waals surface area contributed by atoms with E-state index in [0.717, 1.165) is 26.5 Å². The highest BCUT2D eigenvalue weighted by molar-refractivity contribution is 7.19. The Kier molecular flexibility index (Phi) is 4.06. The van der Waals surface area contributed by atoms with Crippen LogP contribution in [0.15, 0.2) is 36.4 Å². The highest BCUT2D eigenvalue weighted by atomic mass is 32.1. The van der Waals surface area contributed by atoms with Gasteiger partial charge in [-0.15, -0.1) is 11.3 Å². The Hall–Kier alpha value is -2.40. The molecule has 5 heteroatoms. The zero-order valence-corrected chi connectivity index (χ0v) is 13.0. The molecular formula is C17H14FNO2S. The molecule has 112 valence electrons. The van der Waals surface area contributed by atoms with Crippen LogP contribution in [0.3, 0.4) is 0 Å². The van der Waals surface area contributed by atoms with Crippen molar-refractivity contribution in [2.75, 3.05) is 14.2 Å². The van der Waals surface area contributed by atoms with Crippen LogP contribution in [0, 0.1) is 5.82 Å². The molecule has 2 aromatic carbocycles. The maximum Gasteiger partial charge on any atom is 0.165 e. The third kappa shape index (κ3) is 2.94. The van der Waals surface area contributed by atoms with E-state index in [-0.39, 0.29) is 11.6 Å². The number of methoxy groups -OCH3 is 2. The first-order valence-corrected chi connectivity index (χ1v) is 7.47. The second-order valence-electron chi connectivity index (χ2n) is 4.61. The molecular weight excluding hydrogens is 301 g/mol. The first-order valence-electron chi connectivity index (χ1n) is 6.66. The third-order valence-electron chi connectivity index (χ3n) is 3.21. The molecule has 0 aliphatic carbocycles. The van der Waals surface area contributed by atoms with Crippen molar-refractivity contribution in [3.05, 3.63) is 52.8 Å². The summed E-state index contributed by atoms with van der Waals surface area (Å²) in [4.78, 5) is 4.52. The standard InChI is InChI=1S/C17H14FNO2S/c1-20-12-5-6-14-16(10-12)22-17(19-14)8-4-11-3-7-15(21-2)13(18)9-11/h3-10H,1-2H3/b8-4+. The average molecular weight is 315 g/mol. The van der Waals surface area contributed by atoms with Gasteiger partial charge >= 0.3 is 0 Å². The van der Waals surface area contributed by atoms with E-state index < -0.39 is 0 Å². The molecule has 0 radical (unpaired) electrons. The fourth-order valence-electron chi connectivity index (χ4n) is 2.07. The summed E-state index contributed by atoms with van der Waals surface area (Å²) >= 11 is 1.56. The first-order chi connectivity index (χ1) is 10.7. The number of ether oxygens (including phenoxy) is 2. The van der Waals surface area contributed by atoms with Gasteiger partial charge in [0.15, 0.2) is 11.6 Å². The molecule has 0 saturated carbocycles. The van der Waals surface area contributed by atoms with Gasteiger partial charge in [-0.2, -0.15) is 0 Å². The smallest absolute Gasteiger partial charge is 0.165 e. The zero-order valence-electron chi connectivity index (χ0n) is 12.2. The number of benzene rings is 2. The lowest BCUT2D eigenvalue weighted by atomic mass is 10.2. The molecule has 3 aromatic rings. The molecule has 22 heavy (non-hydrogen) atoms. The maximum absolute atomic E-state index is 13.6. The van der Waals surface area contributed by atoms with Gasteiger partial charge in [0.1, 0.15) is 10.8 Å². The fourth-order valence-corrected chi connectivity index (χ4v) is 2.97. The van der Waals surface area contributed by atoms with Crippen molar-refractivity contribution in [1.29, 1.82) is 0 Å². The van der Waals surface area contributed by atoms with Gasteiger partial charge in [-0.05, 0) is 42.0 Å². The lowest BCUT2D eigenvalue weighted by molar-refractivity contribution is 0.386. The van der Waals surface area contributed by atoms with E-state index in [2.05, 4.69) is 4.98 Å². The quantitative estimate of drug-likeness (QED) is 0.704. The average Bonchev–Trinajstić information content (AvgIpc) is 2.94. The molecule has 1 aromatic heterocycles. The summed E-state index contributed by atoms with van der Waals surface area (Å²) in [5.41, 5.74) is 1.68. The normalized spacial score (nSPS) is 11.2. The highest BCUT2D eigenvalue weighted by Crippen LogP contribution is 2.27. The molecule has 0 spiro atoms. The fraction of sp³-hybridized carbons (Fsp3) is 0.118. The molecule has 0 atom stereocenters. The summed E-state index contributed by atoms with van der Waals surface area (Å²) in [7, 11) is 3.09. The van der Waals surface area contributed by atoms with Crippen molar-refractivity contribution in [2.24, 2.45) is 0 Å². The van der Waals surface area contributed by atoms with E-state index >= 15 is 0 Å². The molecule has 3 nitrogen and oxygen atoms in total. The third-order valence-corrected chi connectivity index (χ3v) is 4.19. The summed E-state index contributed by atoms with van der Waals surface area (Å²) in [6.45, 7) is 0. The number of fused-ring (bicyclic) bond motifs is 1. The number of aromatic nitrogens is 1. The summed E-state index contributed by atoms with van der Waals surface area (Å²) < 4.78 is 24.8. The monoisotopic (exact) mass is 315 g/mol. The van der Waals surface area contributed by atoms with Gasteiger partial charge in [-0.1, -0.05) is 12.1 Å².